The zero-order valence-electron chi connectivity index (χ0n) is 8.37. The van der Waals surface area contributed by atoms with Crippen LogP contribution >= 0.6 is 0 Å². The number of aromatic amines is 1. The molecule has 0 atom stereocenters. The van der Waals surface area contributed by atoms with Crippen LogP contribution in [0.5, 0.6) is 0 Å². The first-order valence-corrected chi connectivity index (χ1v) is 4.54. The highest BCUT2D eigenvalue weighted by Crippen LogP contribution is 1.99. The Hall–Kier alpha value is -1.70. The summed E-state index contributed by atoms with van der Waals surface area (Å²) >= 11 is 0. The van der Waals surface area contributed by atoms with Gasteiger partial charge in [-0.2, -0.15) is 5.10 Å². The molecule has 0 spiro atoms. The zero-order chi connectivity index (χ0) is 12.0. The average molecular weight is 234 g/mol. The summed E-state index contributed by atoms with van der Waals surface area (Å²) in [6.07, 6.45) is -2.50. The molecule has 0 saturated carbocycles. The average Bonchev–Trinajstić information content (AvgIpc) is 2.63. The maximum absolute atomic E-state index is 11.6. The number of carbonyl (C=O) groups is 1. The number of amides is 1. The molecule has 16 heavy (non-hydrogen) atoms. The zero-order valence-corrected chi connectivity index (χ0v) is 8.37. The van der Waals surface area contributed by atoms with Gasteiger partial charge in [0.1, 0.15) is 18.1 Å². The molecule has 90 valence electrons. The number of hydrogen-bond acceptors (Lipinski definition) is 4. The van der Waals surface area contributed by atoms with Crippen molar-refractivity contribution in [1.82, 2.24) is 15.5 Å². The maximum atomic E-state index is 11.6. The van der Waals surface area contributed by atoms with Gasteiger partial charge in [0.15, 0.2) is 0 Å². The highest BCUT2D eigenvalue weighted by molar-refractivity contribution is 5.92. The first-order valence-electron chi connectivity index (χ1n) is 4.54. The van der Waals surface area contributed by atoms with E-state index in [0.29, 0.717) is 0 Å². The molecule has 1 aromatic heterocycles. The van der Waals surface area contributed by atoms with Crippen molar-refractivity contribution in [3.8, 4) is 0 Å². The van der Waals surface area contributed by atoms with E-state index in [2.05, 4.69) is 20.3 Å². The number of anilines is 1. The second-order valence-corrected chi connectivity index (χ2v) is 2.93. The van der Waals surface area contributed by atoms with Crippen molar-refractivity contribution in [3.63, 3.8) is 0 Å². The third kappa shape index (κ3) is 4.22. The highest BCUT2D eigenvalue weighted by atomic mass is 19.3. The number of aromatic nitrogens is 2. The lowest BCUT2D eigenvalue weighted by atomic mass is 10.4. The summed E-state index contributed by atoms with van der Waals surface area (Å²) in [6.45, 7) is -0.461. The lowest BCUT2D eigenvalue weighted by Crippen LogP contribution is -2.28. The fourth-order valence-corrected chi connectivity index (χ4v) is 0.958. The molecule has 8 heteroatoms. The molecule has 0 aliphatic rings. The Bertz CT molecular complexity index is 343. The molecule has 0 bridgehead atoms. The van der Waals surface area contributed by atoms with Gasteiger partial charge in [0, 0.05) is 12.6 Å². The number of H-pyrrole nitrogens is 1. The molecule has 0 aromatic carbocycles. The normalized spacial score (nSPS) is 10.7. The van der Waals surface area contributed by atoms with E-state index in [1.54, 1.807) is 0 Å². The lowest BCUT2D eigenvalue weighted by molar-refractivity contribution is 0.0188. The Morgan fingerprint density at radius 1 is 1.69 bits per heavy atom. The minimum atomic E-state index is -2.50. The number of hydrogen-bond donors (Lipinski definition) is 3. The van der Waals surface area contributed by atoms with Crippen LogP contribution < -0.4 is 11.1 Å². The molecule has 1 aromatic rings. The van der Waals surface area contributed by atoms with Crippen molar-refractivity contribution < 1.29 is 18.3 Å². The quantitative estimate of drug-likeness (QED) is 0.604. The van der Waals surface area contributed by atoms with E-state index in [1.165, 1.54) is 6.07 Å². The Balaban J connectivity index is 2.16. The minimum absolute atomic E-state index is 0.0275. The van der Waals surface area contributed by atoms with Crippen LogP contribution in [0.25, 0.3) is 0 Å². The second-order valence-electron chi connectivity index (χ2n) is 2.93. The van der Waals surface area contributed by atoms with E-state index in [0.717, 1.165) is 0 Å². The largest absolute Gasteiger partial charge is 0.382 e. The van der Waals surface area contributed by atoms with Crippen LogP contribution in [-0.2, 0) is 4.74 Å². The number of halogens is 2. The van der Waals surface area contributed by atoms with E-state index in [-0.39, 0.29) is 24.7 Å². The Morgan fingerprint density at radius 3 is 3.00 bits per heavy atom. The first kappa shape index (κ1) is 12.4. The van der Waals surface area contributed by atoms with Crippen LogP contribution in [0.3, 0.4) is 0 Å². The van der Waals surface area contributed by atoms with Gasteiger partial charge in [0.2, 0.25) is 0 Å². The molecule has 0 fully saturated rings. The van der Waals surface area contributed by atoms with Gasteiger partial charge < -0.3 is 15.8 Å². The van der Waals surface area contributed by atoms with Crippen molar-refractivity contribution in [3.05, 3.63) is 11.8 Å². The first-order chi connectivity index (χ1) is 7.59. The summed E-state index contributed by atoms with van der Waals surface area (Å²) in [5, 5.41) is 8.43. The summed E-state index contributed by atoms with van der Waals surface area (Å²) in [5.41, 5.74) is 5.51. The third-order valence-electron chi connectivity index (χ3n) is 1.62. The van der Waals surface area contributed by atoms with Gasteiger partial charge in [-0.3, -0.25) is 9.89 Å². The SMILES string of the molecule is Nc1cc(C(=O)NCCOCC(F)F)[nH]n1. The number of nitrogens with two attached hydrogens (primary N) is 1. The van der Waals surface area contributed by atoms with Crippen molar-refractivity contribution in [2.45, 2.75) is 6.43 Å². The molecule has 0 aliphatic heterocycles. The van der Waals surface area contributed by atoms with Crippen LogP contribution in [0.4, 0.5) is 14.6 Å². The fraction of sp³-hybridized carbons (Fsp3) is 0.500. The molecule has 0 aliphatic carbocycles. The van der Waals surface area contributed by atoms with Gasteiger partial charge in [-0.1, -0.05) is 0 Å². The summed E-state index contributed by atoms with van der Waals surface area (Å²) in [5.74, 6) is -0.205. The van der Waals surface area contributed by atoms with Gasteiger partial charge in [0.05, 0.1) is 6.61 Å². The number of nitrogens with one attached hydrogen (secondary N) is 2. The smallest absolute Gasteiger partial charge is 0.269 e. The van der Waals surface area contributed by atoms with E-state index in [1.807, 2.05) is 0 Å². The summed E-state index contributed by atoms with van der Waals surface area (Å²) in [7, 11) is 0. The van der Waals surface area contributed by atoms with Crippen molar-refractivity contribution >= 4 is 11.7 Å². The number of ether oxygens (including phenoxy) is 1. The Morgan fingerprint density at radius 2 is 2.44 bits per heavy atom. The standard InChI is InChI=1S/C8H12F2N4O2/c9-6(10)4-16-2-1-12-8(15)5-3-7(11)14-13-5/h3,6H,1-2,4H2,(H,12,15)(H3,11,13,14). The van der Waals surface area contributed by atoms with Crippen molar-refractivity contribution in [2.75, 3.05) is 25.5 Å². The predicted octanol–water partition coefficient (Wildman–Crippen LogP) is 0.00340. The molecular weight excluding hydrogens is 222 g/mol. The minimum Gasteiger partial charge on any atom is -0.382 e. The summed E-state index contributed by atoms with van der Waals surface area (Å²) < 4.78 is 27.9. The summed E-state index contributed by atoms with van der Waals surface area (Å²) in [6, 6.07) is 1.37. The number of nitrogen functional groups attached to an aromatic ring is 1. The topological polar surface area (TPSA) is 93.0 Å². The molecule has 6 nitrogen and oxygen atoms in total. The van der Waals surface area contributed by atoms with Crippen LogP contribution in [0.15, 0.2) is 6.07 Å². The van der Waals surface area contributed by atoms with E-state index in [9.17, 15) is 13.6 Å². The van der Waals surface area contributed by atoms with Crippen LogP contribution in [0.2, 0.25) is 0 Å². The Kier molecular flexibility index (Phi) is 4.65. The molecule has 4 N–H and O–H groups in total. The van der Waals surface area contributed by atoms with Crippen LogP contribution in [0.1, 0.15) is 10.5 Å². The van der Waals surface area contributed by atoms with E-state index >= 15 is 0 Å². The van der Waals surface area contributed by atoms with E-state index < -0.39 is 18.9 Å². The number of carbonyl (C=O) groups excluding carboxylic acids is 1. The van der Waals surface area contributed by atoms with Gasteiger partial charge in [-0.25, -0.2) is 8.78 Å². The number of rotatable bonds is 6. The maximum Gasteiger partial charge on any atom is 0.269 e. The van der Waals surface area contributed by atoms with Crippen LogP contribution in [-0.4, -0.2) is 42.3 Å². The van der Waals surface area contributed by atoms with Crippen molar-refractivity contribution in [2.24, 2.45) is 0 Å². The second kappa shape index (κ2) is 6.01. The molecule has 0 unspecified atom stereocenters. The summed E-state index contributed by atoms with van der Waals surface area (Å²) in [4.78, 5) is 11.3. The van der Waals surface area contributed by atoms with Crippen molar-refractivity contribution in [1.29, 1.82) is 0 Å². The number of alkyl halides is 2. The molecule has 1 heterocycles. The number of nitrogens with zero attached hydrogens (tertiary/aromatic N) is 1. The van der Waals surface area contributed by atoms with Gasteiger partial charge in [-0.05, 0) is 0 Å². The van der Waals surface area contributed by atoms with Gasteiger partial charge >= 0.3 is 0 Å². The Labute approximate surface area is 90.1 Å². The van der Waals surface area contributed by atoms with Gasteiger partial charge in [0.25, 0.3) is 12.3 Å². The monoisotopic (exact) mass is 234 g/mol. The third-order valence-corrected chi connectivity index (χ3v) is 1.62. The highest BCUT2D eigenvalue weighted by Gasteiger charge is 2.07. The molecular formula is C8H12F2N4O2. The molecule has 1 amide bonds. The molecule has 0 radical (unpaired) electrons. The van der Waals surface area contributed by atoms with E-state index in [4.69, 9.17) is 5.73 Å². The van der Waals surface area contributed by atoms with Gasteiger partial charge in [-0.15, -0.1) is 0 Å². The molecule has 0 saturated heterocycles. The predicted molar refractivity (Wildman–Crippen MR) is 52.2 cm³/mol. The molecule has 1 rings (SSSR count). The lowest BCUT2D eigenvalue weighted by Gasteiger charge is -2.04. The van der Waals surface area contributed by atoms with Crippen LogP contribution in [0, 0.1) is 0 Å². The fourth-order valence-electron chi connectivity index (χ4n) is 0.958.